The molecule has 1 aromatic carbocycles. The second kappa shape index (κ2) is 7.80. The van der Waals surface area contributed by atoms with Crippen LogP contribution in [0.4, 0.5) is 10.3 Å². The van der Waals surface area contributed by atoms with E-state index in [-0.39, 0.29) is 11.2 Å². The van der Waals surface area contributed by atoms with Crippen LogP contribution in [-0.2, 0) is 10.2 Å². The van der Waals surface area contributed by atoms with Crippen LogP contribution in [0.2, 0.25) is 0 Å². The summed E-state index contributed by atoms with van der Waals surface area (Å²) in [5.41, 5.74) is 2.54. The zero-order valence-electron chi connectivity index (χ0n) is 14.9. The molecule has 0 bridgehead atoms. The van der Waals surface area contributed by atoms with E-state index in [0.717, 1.165) is 29.7 Å². The van der Waals surface area contributed by atoms with Gasteiger partial charge in [0.2, 0.25) is 5.95 Å². The number of hydrogen-bond donors (Lipinski definition) is 1. The normalized spacial score (nSPS) is 16.0. The minimum atomic E-state index is -0.215. The Kier molecular flexibility index (Phi) is 5.07. The van der Waals surface area contributed by atoms with E-state index in [9.17, 15) is 4.39 Å². The summed E-state index contributed by atoms with van der Waals surface area (Å²) in [4.78, 5) is 13.1. The molecule has 1 aliphatic rings. The average molecular weight is 364 g/mol. The summed E-state index contributed by atoms with van der Waals surface area (Å²) < 4.78 is 19.4. The smallest absolute Gasteiger partial charge is 0.223 e. The summed E-state index contributed by atoms with van der Waals surface area (Å²) in [6.07, 6.45) is 6.89. The van der Waals surface area contributed by atoms with Gasteiger partial charge in [-0.2, -0.15) is 0 Å². The van der Waals surface area contributed by atoms with Crippen molar-refractivity contribution in [2.75, 3.05) is 25.1 Å². The summed E-state index contributed by atoms with van der Waals surface area (Å²) in [5, 5.41) is 3.36. The maximum atomic E-state index is 13.8. The van der Waals surface area contributed by atoms with Crippen LogP contribution in [0.15, 0.2) is 61.1 Å². The van der Waals surface area contributed by atoms with Gasteiger partial charge in [0.15, 0.2) is 0 Å². The van der Waals surface area contributed by atoms with Gasteiger partial charge in [0.1, 0.15) is 5.82 Å². The topological polar surface area (TPSA) is 59.9 Å². The highest BCUT2D eigenvalue weighted by molar-refractivity contribution is 5.58. The van der Waals surface area contributed by atoms with Crippen molar-refractivity contribution in [3.05, 3.63) is 72.4 Å². The van der Waals surface area contributed by atoms with E-state index >= 15 is 0 Å². The monoisotopic (exact) mass is 364 g/mol. The summed E-state index contributed by atoms with van der Waals surface area (Å²) in [5.74, 6) is 0.340. The zero-order chi connectivity index (χ0) is 18.5. The summed E-state index contributed by atoms with van der Waals surface area (Å²) in [7, 11) is 0. The van der Waals surface area contributed by atoms with Crippen molar-refractivity contribution in [2.45, 2.75) is 18.3 Å². The van der Waals surface area contributed by atoms with Crippen molar-refractivity contribution >= 4 is 5.95 Å². The van der Waals surface area contributed by atoms with Crippen molar-refractivity contribution in [3.8, 4) is 11.3 Å². The molecule has 4 rings (SSSR count). The second-order valence-corrected chi connectivity index (χ2v) is 6.76. The number of ether oxygens (including phenoxy) is 1. The van der Waals surface area contributed by atoms with E-state index in [0.29, 0.717) is 25.7 Å². The van der Waals surface area contributed by atoms with E-state index < -0.39 is 0 Å². The maximum Gasteiger partial charge on any atom is 0.223 e. The van der Waals surface area contributed by atoms with Crippen LogP contribution in [0.5, 0.6) is 0 Å². The van der Waals surface area contributed by atoms with Crippen LogP contribution in [-0.4, -0.2) is 34.7 Å². The van der Waals surface area contributed by atoms with Crippen LogP contribution in [0.25, 0.3) is 11.3 Å². The highest BCUT2D eigenvalue weighted by atomic mass is 19.1. The summed E-state index contributed by atoms with van der Waals surface area (Å²) in [6.45, 7) is 1.94. The first kappa shape index (κ1) is 17.5. The van der Waals surface area contributed by atoms with Crippen molar-refractivity contribution in [3.63, 3.8) is 0 Å². The Morgan fingerprint density at radius 2 is 1.96 bits per heavy atom. The van der Waals surface area contributed by atoms with E-state index in [1.165, 1.54) is 6.07 Å². The van der Waals surface area contributed by atoms with Crippen LogP contribution >= 0.6 is 0 Å². The lowest BCUT2D eigenvalue weighted by Gasteiger charge is -2.38. The summed E-state index contributed by atoms with van der Waals surface area (Å²) in [6, 6.07) is 12.6. The number of benzene rings is 1. The Bertz CT molecular complexity index is 897. The van der Waals surface area contributed by atoms with Crippen LogP contribution in [0, 0.1) is 5.82 Å². The Balaban J connectivity index is 1.57. The molecule has 0 spiro atoms. The third-order valence-electron chi connectivity index (χ3n) is 5.08. The lowest BCUT2D eigenvalue weighted by molar-refractivity contribution is 0.0542. The van der Waals surface area contributed by atoms with E-state index in [1.54, 1.807) is 30.7 Å². The predicted octanol–water partition coefficient (Wildman–Crippen LogP) is 3.84. The number of nitrogens with zero attached hydrogens (tertiary/aromatic N) is 3. The Morgan fingerprint density at radius 3 is 2.74 bits per heavy atom. The lowest BCUT2D eigenvalue weighted by Crippen LogP contribution is -2.40. The lowest BCUT2D eigenvalue weighted by atomic mass is 9.74. The molecule has 0 radical (unpaired) electrons. The van der Waals surface area contributed by atoms with Crippen molar-refractivity contribution < 1.29 is 9.13 Å². The number of pyridine rings is 1. The molecule has 0 aliphatic carbocycles. The first-order valence-corrected chi connectivity index (χ1v) is 9.06. The number of anilines is 1. The van der Waals surface area contributed by atoms with Gasteiger partial charge in [-0.25, -0.2) is 14.4 Å². The quantitative estimate of drug-likeness (QED) is 0.745. The van der Waals surface area contributed by atoms with Crippen LogP contribution < -0.4 is 5.32 Å². The number of rotatable bonds is 5. The Labute approximate surface area is 157 Å². The third kappa shape index (κ3) is 3.95. The van der Waals surface area contributed by atoms with Gasteiger partial charge >= 0.3 is 0 Å². The first-order valence-electron chi connectivity index (χ1n) is 9.06. The number of aromatic nitrogens is 3. The zero-order valence-corrected chi connectivity index (χ0v) is 14.9. The van der Waals surface area contributed by atoms with Crippen molar-refractivity contribution in [2.24, 2.45) is 0 Å². The number of nitrogens with one attached hydrogen (secondary N) is 1. The van der Waals surface area contributed by atoms with Crippen LogP contribution in [0.1, 0.15) is 18.4 Å². The second-order valence-electron chi connectivity index (χ2n) is 6.76. The largest absolute Gasteiger partial charge is 0.381 e. The first-order chi connectivity index (χ1) is 13.3. The van der Waals surface area contributed by atoms with Gasteiger partial charge in [-0.15, -0.1) is 0 Å². The number of hydrogen-bond acceptors (Lipinski definition) is 5. The molecule has 1 saturated heterocycles. The number of halogens is 1. The fourth-order valence-electron chi connectivity index (χ4n) is 3.52. The molecular formula is C21H21FN4O. The Morgan fingerprint density at radius 1 is 1.07 bits per heavy atom. The fourth-order valence-corrected chi connectivity index (χ4v) is 3.52. The molecule has 0 atom stereocenters. The third-order valence-corrected chi connectivity index (χ3v) is 5.08. The molecular weight excluding hydrogens is 343 g/mol. The molecule has 27 heavy (non-hydrogen) atoms. The molecule has 1 N–H and O–H groups in total. The molecule has 6 heteroatoms. The molecule has 1 fully saturated rings. The van der Waals surface area contributed by atoms with E-state index in [4.69, 9.17) is 4.74 Å². The van der Waals surface area contributed by atoms with Gasteiger partial charge in [0.25, 0.3) is 0 Å². The highest BCUT2D eigenvalue weighted by Crippen LogP contribution is 2.35. The van der Waals surface area contributed by atoms with Gasteiger partial charge in [0, 0.05) is 49.3 Å². The van der Waals surface area contributed by atoms with Crippen LogP contribution in [0.3, 0.4) is 0 Å². The summed E-state index contributed by atoms with van der Waals surface area (Å²) >= 11 is 0. The van der Waals surface area contributed by atoms with Gasteiger partial charge in [-0.1, -0.05) is 12.1 Å². The molecule has 1 aliphatic heterocycles. The van der Waals surface area contributed by atoms with Gasteiger partial charge in [-0.3, -0.25) is 4.98 Å². The van der Waals surface area contributed by atoms with Crippen molar-refractivity contribution in [1.29, 1.82) is 0 Å². The molecule has 3 heterocycles. The van der Waals surface area contributed by atoms with Gasteiger partial charge < -0.3 is 10.1 Å². The average Bonchev–Trinajstić information content (AvgIpc) is 2.74. The van der Waals surface area contributed by atoms with E-state index in [1.807, 2.05) is 24.3 Å². The molecule has 0 amide bonds. The molecule has 5 nitrogen and oxygen atoms in total. The maximum absolute atomic E-state index is 13.8. The standard InChI is InChI=1S/C21H21FN4O/c22-18-5-1-4-17(13-18)21(7-11-27-12-8-21)15-25-20-24-10-6-19(26-20)16-3-2-9-23-14-16/h1-6,9-10,13-14H,7-8,11-12,15H2,(H,24,25,26). The highest BCUT2D eigenvalue weighted by Gasteiger charge is 2.34. The van der Waals surface area contributed by atoms with E-state index in [2.05, 4.69) is 20.3 Å². The molecule has 138 valence electrons. The molecule has 3 aromatic rings. The van der Waals surface area contributed by atoms with Gasteiger partial charge in [-0.05, 0) is 48.7 Å². The molecule has 0 unspecified atom stereocenters. The molecule has 2 aromatic heterocycles. The SMILES string of the molecule is Fc1cccc(C2(CNc3nccc(-c4cccnc4)n3)CCOCC2)c1. The minimum Gasteiger partial charge on any atom is -0.381 e. The minimum absolute atomic E-state index is 0.200. The Hall–Kier alpha value is -2.86. The predicted molar refractivity (Wildman–Crippen MR) is 102 cm³/mol. The fraction of sp³-hybridized carbons (Fsp3) is 0.286. The van der Waals surface area contributed by atoms with Crippen molar-refractivity contribution in [1.82, 2.24) is 15.0 Å². The molecule has 0 saturated carbocycles. The van der Waals surface area contributed by atoms with Gasteiger partial charge in [0.05, 0.1) is 5.69 Å².